The third-order valence-corrected chi connectivity index (χ3v) is 3.92. The molecule has 2 N–H and O–H groups in total. The van der Waals surface area contributed by atoms with Crippen LogP contribution in [0.4, 0.5) is 5.69 Å². The highest BCUT2D eigenvalue weighted by molar-refractivity contribution is 5.93. The summed E-state index contributed by atoms with van der Waals surface area (Å²) < 4.78 is 0. The van der Waals surface area contributed by atoms with Crippen molar-refractivity contribution in [2.45, 2.75) is 38.3 Å². The standard InChI is InChI=1S/C14H18N2O/c1-9-3-2-4-10(7-9)16-14(17)12-8-11-5-6-13(12)15-11/h2-4,7,11-13,15H,5-6,8H2,1H3,(H,16,17). The fourth-order valence-corrected chi connectivity index (χ4v) is 3.07. The highest BCUT2D eigenvalue weighted by Gasteiger charge is 2.42. The minimum atomic E-state index is 0.161. The van der Waals surface area contributed by atoms with Crippen LogP contribution in [0.25, 0.3) is 0 Å². The first-order valence-electron chi connectivity index (χ1n) is 6.36. The van der Waals surface area contributed by atoms with Gasteiger partial charge >= 0.3 is 0 Å². The van der Waals surface area contributed by atoms with E-state index in [1.807, 2.05) is 31.2 Å². The maximum absolute atomic E-state index is 12.2. The summed E-state index contributed by atoms with van der Waals surface area (Å²) in [7, 11) is 0. The number of nitrogens with one attached hydrogen (secondary N) is 2. The average molecular weight is 230 g/mol. The van der Waals surface area contributed by atoms with Gasteiger partial charge < -0.3 is 10.6 Å². The highest BCUT2D eigenvalue weighted by atomic mass is 16.2. The lowest BCUT2D eigenvalue weighted by atomic mass is 9.88. The lowest BCUT2D eigenvalue weighted by Gasteiger charge is -2.19. The van der Waals surface area contributed by atoms with Gasteiger partial charge in [-0.1, -0.05) is 12.1 Å². The minimum absolute atomic E-state index is 0.161. The van der Waals surface area contributed by atoms with Crippen LogP contribution in [0.2, 0.25) is 0 Å². The van der Waals surface area contributed by atoms with E-state index in [0.717, 1.165) is 18.5 Å². The topological polar surface area (TPSA) is 41.1 Å². The molecule has 0 saturated carbocycles. The molecule has 2 saturated heterocycles. The van der Waals surface area contributed by atoms with Crippen molar-refractivity contribution in [3.8, 4) is 0 Å². The first-order valence-corrected chi connectivity index (χ1v) is 6.36. The second kappa shape index (κ2) is 4.15. The molecule has 2 heterocycles. The Balaban J connectivity index is 1.68. The van der Waals surface area contributed by atoms with Crippen LogP contribution in [0.1, 0.15) is 24.8 Å². The maximum Gasteiger partial charge on any atom is 0.229 e. The van der Waals surface area contributed by atoms with E-state index in [2.05, 4.69) is 10.6 Å². The molecule has 0 spiro atoms. The van der Waals surface area contributed by atoms with Crippen molar-refractivity contribution >= 4 is 11.6 Å². The lowest BCUT2D eigenvalue weighted by molar-refractivity contribution is -0.120. The molecule has 2 fully saturated rings. The number of anilines is 1. The van der Waals surface area contributed by atoms with E-state index < -0.39 is 0 Å². The molecule has 90 valence electrons. The molecule has 1 aromatic rings. The number of carbonyl (C=O) groups is 1. The number of benzene rings is 1. The number of carbonyl (C=O) groups excluding carboxylic acids is 1. The molecule has 3 nitrogen and oxygen atoms in total. The van der Waals surface area contributed by atoms with Gasteiger partial charge in [-0.2, -0.15) is 0 Å². The Morgan fingerprint density at radius 1 is 1.41 bits per heavy atom. The zero-order valence-electron chi connectivity index (χ0n) is 10.1. The van der Waals surface area contributed by atoms with E-state index in [-0.39, 0.29) is 11.8 Å². The average Bonchev–Trinajstić information content (AvgIpc) is 2.90. The summed E-state index contributed by atoms with van der Waals surface area (Å²) in [4.78, 5) is 12.2. The number of aryl methyl sites for hydroxylation is 1. The van der Waals surface area contributed by atoms with Crippen molar-refractivity contribution in [3.05, 3.63) is 29.8 Å². The number of fused-ring (bicyclic) bond motifs is 2. The zero-order valence-corrected chi connectivity index (χ0v) is 10.1. The largest absolute Gasteiger partial charge is 0.326 e. The van der Waals surface area contributed by atoms with Gasteiger partial charge in [0.1, 0.15) is 0 Å². The SMILES string of the molecule is Cc1cccc(NC(=O)C2CC3CCC2N3)c1. The van der Waals surface area contributed by atoms with Crippen LogP contribution >= 0.6 is 0 Å². The molecular formula is C14H18N2O. The van der Waals surface area contributed by atoms with E-state index in [0.29, 0.717) is 12.1 Å². The van der Waals surface area contributed by atoms with E-state index in [1.165, 1.54) is 12.0 Å². The van der Waals surface area contributed by atoms with Crippen molar-refractivity contribution in [1.82, 2.24) is 5.32 Å². The lowest BCUT2D eigenvalue weighted by Crippen LogP contribution is -2.32. The highest BCUT2D eigenvalue weighted by Crippen LogP contribution is 2.33. The van der Waals surface area contributed by atoms with Crippen molar-refractivity contribution in [2.75, 3.05) is 5.32 Å². The Bertz CT molecular complexity index is 444. The number of hydrogen-bond donors (Lipinski definition) is 2. The van der Waals surface area contributed by atoms with Gasteiger partial charge in [-0.15, -0.1) is 0 Å². The van der Waals surface area contributed by atoms with Gasteiger partial charge in [-0.05, 0) is 43.9 Å². The molecule has 3 rings (SSSR count). The van der Waals surface area contributed by atoms with Crippen LogP contribution in [-0.4, -0.2) is 18.0 Å². The molecule has 0 radical (unpaired) electrons. The summed E-state index contributed by atoms with van der Waals surface area (Å²) >= 11 is 0. The summed E-state index contributed by atoms with van der Waals surface area (Å²) in [5.74, 6) is 0.338. The smallest absolute Gasteiger partial charge is 0.229 e. The van der Waals surface area contributed by atoms with Crippen LogP contribution in [0.5, 0.6) is 0 Å². The Morgan fingerprint density at radius 2 is 2.29 bits per heavy atom. The predicted molar refractivity (Wildman–Crippen MR) is 67.9 cm³/mol. The van der Waals surface area contributed by atoms with E-state index >= 15 is 0 Å². The number of amides is 1. The van der Waals surface area contributed by atoms with Gasteiger partial charge in [-0.3, -0.25) is 4.79 Å². The van der Waals surface area contributed by atoms with E-state index in [9.17, 15) is 4.79 Å². The van der Waals surface area contributed by atoms with Crippen molar-refractivity contribution in [1.29, 1.82) is 0 Å². The van der Waals surface area contributed by atoms with Gasteiger partial charge in [0, 0.05) is 17.8 Å². The van der Waals surface area contributed by atoms with Gasteiger partial charge in [0.25, 0.3) is 0 Å². The van der Waals surface area contributed by atoms with Crippen molar-refractivity contribution < 1.29 is 4.79 Å². The third kappa shape index (κ3) is 2.07. The van der Waals surface area contributed by atoms with Crippen molar-refractivity contribution in [3.63, 3.8) is 0 Å². The molecule has 0 aromatic heterocycles. The molecule has 1 amide bonds. The zero-order chi connectivity index (χ0) is 11.8. The summed E-state index contributed by atoms with van der Waals surface area (Å²) in [6.07, 6.45) is 3.39. The Labute approximate surface area is 102 Å². The van der Waals surface area contributed by atoms with E-state index in [4.69, 9.17) is 0 Å². The molecule has 17 heavy (non-hydrogen) atoms. The molecule has 2 bridgehead atoms. The monoisotopic (exact) mass is 230 g/mol. The molecule has 1 aromatic carbocycles. The molecule has 3 heteroatoms. The molecule has 3 unspecified atom stereocenters. The Hall–Kier alpha value is -1.35. The van der Waals surface area contributed by atoms with Crippen LogP contribution in [-0.2, 0) is 4.79 Å². The molecule has 0 aliphatic carbocycles. The van der Waals surface area contributed by atoms with Crippen LogP contribution in [0.3, 0.4) is 0 Å². The normalized spacial score (nSPS) is 30.5. The summed E-state index contributed by atoms with van der Waals surface area (Å²) in [5.41, 5.74) is 2.09. The molecule has 2 aliphatic rings. The maximum atomic E-state index is 12.2. The number of rotatable bonds is 2. The molecule has 3 atom stereocenters. The van der Waals surface area contributed by atoms with Gasteiger partial charge in [0.15, 0.2) is 0 Å². The van der Waals surface area contributed by atoms with E-state index in [1.54, 1.807) is 0 Å². The first kappa shape index (κ1) is 10.8. The molecular weight excluding hydrogens is 212 g/mol. The number of hydrogen-bond acceptors (Lipinski definition) is 2. The van der Waals surface area contributed by atoms with Gasteiger partial charge in [0.2, 0.25) is 5.91 Å². The Morgan fingerprint density at radius 3 is 2.94 bits per heavy atom. The summed E-state index contributed by atoms with van der Waals surface area (Å²) in [6, 6.07) is 8.96. The van der Waals surface area contributed by atoms with Crippen LogP contribution in [0.15, 0.2) is 24.3 Å². The fourth-order valence-electron chi connectivity index (χ4n) is 3.07. The molecule has 2 aliphatic heterocycles. The van der Waals surface area contributed by atoms with Gasteiger partial charge in [-0.25, -0.2) is 0 Å². The minimum Gasteiger partial charge on any atom is -0.326 e. The quantitative estimate of drug-likeness (QED) is 0.816. The third-order valence-electron chi connectivity index (χ3n) is 3.92. The van der Waals surface area contributed by atoms with Gasteiger partial charge in [0.05, 0.1) is 5.92 Å². The first-order chi connectivity index (χ1) is 8.22. The summed E-state index contributed by atoms with van der Waals surface area (Å²) in [5, 5.41) is 6.53. The fraction of sp³-hybridized carbons (Fsp3) is 0.500. The van der Waals surface area contributed by atoms with Crippen LogP contribution < -0.4 is 10.6 Å². The van der Waals surface area contributed by atoms with Crippen molar-refractivity contribution in [2.24, 2.45) is 5.92 Å². The second-order valence-corrected chi connectivity index (χ2v) is 5.25. The second-order valence-electron chi connectivity index (χ2n) is 5.25. The van der Waals surface area contributed by atoms with Crippen LogP contribution in [0, 0.1) is 12.8 Å². The Kier molecular flexibility index (Phi) is 2.63. The predicted octanol–water partition coefficient (Wildman–Crippen LogP) is 2.07. The summed E-state index contributed by atoms with van der Waals surface area (Å²) in [6.45, 7) is 2.04.